The van der Waals surface area contributed by atoms with Crippen molar-refractivity contribution < 1.29 is 4.79 Å². The number of aromatic nitrogens is 2. The van der Waals surface area contributed by atoms with Gasteiger partial charge < -0.3 is 10.2 Å². The topological polar surface area (TPSA) is 58.1 Å². The minimum absolute atomic E-state index is 0.170. The lowest BCUT2D eigenvalue weighted by molar-refractivity contribution is 0.0951. The van der Waals surface area contributed by atoms with E-state index in [1.54, 1.807) is 12.1 Å². The number of hydrogen-bond acceptors (Lipinski definition) is 4. The summed E-state index contributed by atoms with van der Waals surface area (Å²) in [4.78, 5) is 22.9. The van der Waals surface area contributed by atoms with Gasteiger partial charge in [-0.15, -0.1) is 0 Å². The Balaban J connectivity index is 1.57. The lowest BCUT2D eigenvalue weighted by Gasteiger charge is -2.21. The van der Waals surface area contributed by atoms with Crippen molar-refractivity contribution in [1.29, 1.82) is 0 Å². The number of carbonyl (C=O) groups is 1. The van der Waals surface area contributed by atoms with Crippen LogP contribution in [0.25, 0.3) is 0 Å². The summed E-state index contributed by atoms with van der Waals surface area (Å²) in [5.41, 5.74) is 1.48. The highest BCUT2D eigenvalue weighted by Gasteiger charge is 2.11. The SMILES string of the molecule is O=C(NCc1ccc(N2CCCCCC2)nc1)c1ccnc(Cl)c1. The zero-order chi connectivity index (χ0) is 16.8. The van der Waals surface area contributed by atoms with Crippen LogP contribution in [0.2, 0.25) is 5.15 Å². The molecule has 0 atom stereocenters. The number of hydrogen-bond donors (Lipinski definition) is 1. The Morgan fingerprint density at radius 1 is 1.12 bits per heavy atom. The molecule has 1 aliphatic rings. The van der Waals surface area contributed by atoms with Gasteiger partial charge in [0.2, 0.25) is 0 Å². The van der Waals surface area contributed by atoms with Crippen molar-refractivity contribution in [2.45, 2.75) is 32.2 Å². The summed E-state index contributed by atoms with van der Waals surface area (Å²) in [6.07, 6.45) is 8.43. The van der Waals surface area contributed by atoms with Crippen molar-refractivity contribution in [3.8, 4) is 0 Å². The largest absolute Gasteiger partial charge is 0.357 e. The Morgan fingerprint density at radius 2 is 1.92 bits per heavy atom. The molecular formula is C18H21ClN4O. The number of anilines is 1. The van der Waals surface area contributed by atoms with E-state index in [2.05, 4.69) is 20.2 Å². The molecule has 1 saturated heterocycles. The molecule has 1 amide bonds. The maximum Gasteiger partial charge on any atom is 0.251 e. The highest BCUT2D eigenvalue weighted by Crippen LogP contribution is 2.17. The molecule has 1 N–H and O–H groups in total. The molecule has 2 aromatic heterocycles. The number of halogens is 1. The lowest BCUT2D eigenvalue weighted by Crippen LogP contribution is -2.25. The molecule has 2 aromatic rings. The molecule has 0 aromatic carbocycles. The number of nitrogens with zero attached hydrogens (tertiary/aromatic N) is 3. The first-order valence-corrected chi connectivity index (χ1v) is 8.70. The third kappa shape index (κ3) is 4.45. The molecule has 0 aliphatic carbocycles. The maximum atomic E-state index is 12.1. The molecule has 24 heavy (non-hydrogen) atoms. The number of rotatable bonds is 4. The molecular weight excluding hydrogens is 324 g/mol. The average molecular weight is 345 g/mol. The lowest BCUT2D eigenvalue weighted by atomic mass is 10.2. The van der Waals surface area contributed by atoms with E-state index in [0.717, 1.165) is 24.5 Å². The zero-order valence-corrected chi connectivity index (χ0v) is 14.3. The first-order chi connectivity index (χ1) is 11.7. The molecule has 1 aliphatic heterocycles. The van der Waals surface area contributed by atoms with Gasteiger partial charge in [-0.1, -0.05) is 30.5 Å². The second kappa shape index (κ2) is 8.11. The van der Waals surface area contributed by atoms with Gasteiger partial charge >= 0.3 is 0 Å². The Bertz CT molecular complexity index is 682. The normalized spacial score (nSPS) is 15.0. The van der Waals surface area contributed by atoms with Gasteiger partial charge in [0.1, 0.15) is 11.0 Å². The van der Waals surface area contributed by atoms with Gasteiger partial charge in [-0.25, -0.2) is 9.97 Å². The summed E-state index contributed by atoms with van der Waals surface area (Å²) in [5, 5.41) is 3.18. The van der Waals surface area contributed by atoms with E-state index >= 15 is 0 Å². The number of carbonyl (C=O) groups excluding carboxylic acids is 1. The number of nitrogens with one attached hydrogen (secondary N) is 1. The minimum Gasteiger partial charge on any atom is -0.357 e. The van der Waals surface area contributed by atoms with Crippen molar-refractivity contribution >= 4 is 23.3 Å². The smallest absolute Gasteiger partial charge is 0.251 e. The van der Waals surface area contributed by atoms with Crippen molar-refractivity contribution in [2.75, 3.05) is 18.0 Å². The first-order valence-electron chi connectivity index (χ1n) is 8.32. The molecule has 3 rings (SSSR count). The monoisotopic (exact) mass is 344 g/mol. The fourth-order valence-corrected chi connectivity index (χ4v) is 3.01. The van der Waals surface area contributed by atoms with Crippen LogP contribution < -0.4 is 10.2 Å². The average Bonchev–Trinajstić information content (AvgIpc) is 2.89. The summed E-state index contributed by atoms with van der Waals surface area (Å²) in [6.45, 7) is 2.59. The van der Waals surface area contributed by atoms with Crippen LogP contribution in [0.4, 0.5) is 5.82 Å². The number of pyridine rings is 2. The molecule has 0 unspecified atom stereocenters. The second-order valence-corrected chi connectivity index (χ2v) is 6.36. The van der Waals surface area contributed by atoms with Gasteiger partial charge in [0.25, 0.3) is 5.91 Å². The molecule has 126 valence electrons. The van der Waals surface area contributed by atoms with Crippen LogP contribution in [0, 0.1) is 0 Å². The van der Waals surface area contributed by atoms with E-state index in [-0.39, 0.29) is 5.91 Å². The fourth-order valence-electron chi connectivity index (χ4n) is 2.84. The summed E-state index contributed by atoms with van der Waals surface area (Å²) < 4.78 is 0. The molecule has 0 radical (unpaired) electrons. The van der Waals surface area contributed by atoms with E-state index in [0.29, 0.717) is 17.3 Å². The van der Waals surface area contributed by atoms with Crippen LogP contribution in [0.5, 0.6) is 0 Å². The van der Waals surface area contributed by atoms with Gasteiger partial charge in [0.05, 0.1) is 0 Å². The van der Waals surface area contributed by atoms with E-state index in [1.807, 2.05) is 18.3 Å². The van der Waals surface area contributed by atoms with Gasteiger partial charge in [0.15, 0.2) is 0 Å². The summed E-state index contributed by atoms with van der Waals surface area (Å²) in [7, 11) is 0. The van der Waals surface area contributed by atoms with E-state index in [4.69, 9.17) is 11.6 Å². The van der Waals surface area contributed by atoms with E-state index < -0.39 is 0 Å². The Kier molecular flexibility index (Phi) is 5.64. The van der Waals surface area contributed by atoms with E-state index in [1.165, 1.54) is 31.9 Å². The predicted octanol–water partition coefficient (Wildman–Crippen LogP) is 3.44. The van der Waals surface area contributed by atoms with Crippen LogP contribution in [-0.4, -0.2) is 29.0 Å². The Morgan fingerprint density at radius 3 is 2.58 bits per heavy atom. The van der Waals surface area contributed by atoms with Gasteiger partial charge in [-0.05, 0) is 36.6 Å². The third-order valence-corrected chi connectivity index (χ3v) is 4.39. The summed E-state index contributed by atoms with van der Waals surface area (Å²) >= 11 is 5.80. The standard InChI is InChI=1S/C18H21ClN4O/c19-16-11-15(7-8-20-16)18(24)22-13-14-5-6-17(21-12-14)23-9-3-1-2-4-10-23/h5-8,11-12H,1-4,9-10,13H2,(H,22,24). The maximum absolute atomic E-state index is 12.1. The highest BCUT2D eigenvalue weighted by molar-refractivity contribution is 6.29. The molecule has 0 bridgehead atoms. The van der Waals surface area contributed by atoms with Gasteiger partial charge in [-0.3, -0.25) is 4.79 Å². The summed E-state index contributed by atoms with van der Waals surface area (Å²) in [5.74, 6) is 0.851. The van der Waals surface area contributed by atoms with Crippen molar-refractivity contribution in [2.24, 2.45) is 0 Å². The third-order valence-electron chi connectivity index (χ3n) is 4.18. The molecule has 6 heteroatoms. The molecule has 1 fully saturated rings. The molecule has 0 spiro atoms. The Labute approximate surface area is 147 Å². The van der Waals surface area contributed by atoms with Crippen molar-refractivity contribution in [3.05, 3.63) is 52.9 Å². The highest BCUT2D eigenvalue weighted by atomic mass is 35.5. The zero-order valence-electron chi connectivity index (χ0n) is 13.5. The van der Waals surface area contributed by atoms with Crippen molar-refractivity contribution in [3.63, 3.8) is 0 Å². The minimum atomic E-state index is -0.170. The van der Waals surface area contributed by atoms with Crippen LogP contribution in [0.15, 0.2) is 36.7 Å². The Hall–Kier alpha value is -2.14. The van der Waals surface area contributed by atoms with E-state index in [9.17, 15) is 4.79 Å². The van der Waals surface area contributed by atoms with Gasteiger partial charge in [-0.2, -0.15) is 0 Å². The van der Waals surface area contributed by atoms with Crippen LogP contribution >= 0.6 is 11.6 Å². The first kappa shape index (κ1) is 16.7. The number of amides is 1. The molecule has 5 nitrogen and oxygen atoms in total. The van der Waals surface area contributed by atoms with Gasteiger partial charge in [0, 0.05) is 37.6 Å². The molecule has 3 heterocycles. The molecule has 0 saturated carbocycles. The predicted molar refractivity (Wildman–Crippen MR) is 95.3 cm³/mol. The fraction of sp³-hybridized carbons (Fsp3) is 0.389. The van der Waals surface area contributed by atoms with Crippen LogP contribution in [0.1, 0.15) is 41.6 Å². The quantitative estimate of drug-likeness (QED) is 0.863. The second-order valence-electron chi connectivity index (χ2n) is 5.98. The van der Waals surface area contributed by atoms with Crippen LogP contribution in [-0.2, 0) is 6.54 Å². The van der Waals surface area contributed by atoms with Crippen molar-refractivity contribution in [1.82, 2.24) is 15.3 Å². The van der Waals surface area contributed by atoms with Crippen LogP contribution in [0.3, 0.4) is 0 Å². The summed E-state index contributed by atoms with van der Waals surface area (Å²) in [6, 6.07) is 7.25.